The highest BCUT2D eigenvalue weighted by atomic mass is 16.6. The number of rotatable bonds is 4. The molecule has 162 valence electrons. The number of benzene rings is 1. The second kappa shape index (κ2) is 8.92. The number of carbonyl (C=O) groups is 1. The number of aliphatic hydroxyl groups is 1. The van der Waals surface area contributed by atoms with E-state index >= 15 is 0 Å². The molecule has 1 amide bonds. The largest absolute Gasteiger partial charge is 0.508 e. The summed E-state index contributed by atoms with van der Waals surface area (Å²) in [6.45, 7) is 9.21. The molecule has 2 aliphatic rings. The molecule has 1 heterocycles. The SMILES string of the molecule is CC(C)(C)OC(=O)N1CCN(CC(c2ccc(O)cc2)C2(O)CCCCC2)CC1. The van der Waals surface area contributed by atoms with E-state index in [0.717, 1.165) is 50.9 Å². The van der Waals surface area contributed by atoms with Gasteiger partial charge in [0.2, 0.25) is 0 Å². The van der Waals surface area contributed by atoms with Gasteiger partial charge in [0.25, 0.3) is 0 Å². The van der Waals surface area contributed by atoms with E-state index in [4.69, 9.17) is 4.74 Å². The van der Waals surface area contributed by atoms with Gasteiger partial charge in [0.1, 0.15) is 11.4 Å². The number of phenols is 1. The zero-order chi connectivity index (χ0) is 21.1. The van der Waals surface area contributed by atoms with Gasteiger partial charge in [-0.15, -0.1) is 0 Å². The van der Waals surface area contributed by atoms with Gasteiger partial charge in [0.05, 0.1) is 5.60 Å². The van der Waals surface area contributed by atoms with Crippen LogP contribution in [0.4, 0.5) is 4.79 Å². The first-order chi connectivity index (χ1) is 13.7. The molecule has 1 aromatic rings. The Balaban J connectivity index is 1.66. The van der Waals surface area contributed by atoms with E-state index in [2.05, 4.69) is 4.90 Å². The van der Waals surface area contributed by atoms with Crippen LogP contribution in [-0.2, 0) is 4.74 Å². The molecule has 1 saturated heterocycles. The van der Waals surface area contributed by atoms with Crippen LogP contribution in [0.1, 0.15) is 64.4 Å². The fraction of sp³-hybridized carbons (Fsp3) is 0.696. The molecule has 3 rings (SSSR count). The number of hydrogen-bond acceptors (Lipinski definition) is 5. The molecule has 6 heteroatoms. The van der Waals surface area contributed by atoms with Crippen molar-refractivity contribution in [3.8, 4) is 5.75 Å². The van der Waals surface area contributed by atoms with Gasteiger partial charge in [0, 0.05) is 38.6 Å². The number of hydrogen-bond donors (Lipinski definition) is 2. The lowest BCUT2D eigenvalue weighted by Gasteiger charge is -2.43. The second-order valence-corrected chi connectivity index (χ2v) is 9.58. The quantitative estimate of drug-likeness (QED) is 0.800. The molecule has 29 heavy (non-hydrogen) atoms. The average molecular weight is 405 g/mol. The molecule has 1 saturated carbocycles. The minimum Gasteiger partial charge on any atom is -0.508 e. The Morgan fingerprint density at radius 2 is 1.66 bits per heavy atom. The lowest BCUT2D eigenvalue weighted by Crippen LogP contribution is -2.52. The molecular weight excluding hydrogens is 368 g/mol. The van der Waals surface area contributed by atoms with Gasteiger partial charge >= 0.3 is 6.09 Å². The number of phenolic OH excluding ortho intramolecular Hbond substituents is 1. The summed E-state index contributed by atoms with van der Waals surface area (Å²) in [6, 6.07) is 7.27. The van der Waals surface area contributed by atoms with E-state index in [-0.39, 0.29) is 17.8 Å². The molecule has 1 aliphatic carbocycles. The predicted molar refractivity (Wildman–Crippen MR) is 113 cm³/mol. The first-order valence-electron chi connectivity index (χ1n) is 10.9. The van der Waals surface area contributed by atoms with Crippen molar-refractivity contribution in [1.82, 2.24) is 9.80 Å². The molecule has 2 N–H and O–H groups in total. The van der Waals surface area contributed by atoms with E-state index in [0.29, 0.717) is 13.1 Å². The third-order valence-electron chi connectivity index (χ3n) is 6.13. The van der Waals surface area contributed by atoms with E-state index in [1.165, 1.54) is 6.42 Å². The van der Waals surface area contributed by atoms with Gasteiger partial charge in [-0.05, 0) is 51.3 Å². The number of nitrogens with zero attached hydrogens (tertiary/aromatic N) is 2. The monoisotopic (exact) mass is 404 g/mol. The third-order valence-corrected chi connectivity index (χ3v) is 6.13. The zero-order valence-electron chi connectivity index (χ0n) is 18.1. The van der Waals surface area contributed by atoms with Crippen LogP contribution in [0.5, 0.6) is 5.75 Å². The third kappa shape index (κ3) is 5.86. The fourth-order valence-corrected chi connectivity index (χ4v) is 4.50. The van der Waals surface area contributed by atoms with Crippen LogP contribution in [0.3, 0.4) is 0 Å². The van der Waals surface area contributed by atoms with Crippen molar-refractivity contribution < 1.29 is 19.7 Å². The first kappa shape index (κ1) is 21.9. The maximum atomic E-state index is 12.3. The lowest BCUT2D eigenvalue weighted by atomic mass is 9.72. The van der Waals surface area contributed by atoms with Gasteiger partial charge in [0.15, 0.2) is 0 Å². The minimum absolute atomic E-state index is 0.00326. The maximum Gasteiger partial charge on any atom is 0.410 e. The summed E-state index contributed by atoms with van der Waals surface area (Å²) >= 11 is 0. The fourth-order valence-electron chi connectivity index (χ4n) is 4.50. The summed E-state index contributed by atoms with van der Waals surface area (Å²) in [5, 5.41) is 21.2. The van der Waals surface area contributed by atoms with Crippen molar-refractivity contribution >= 4 is 6.09 Å². The van der Waals surface area contributed by atoms with E-state index < -0.39 is 11.2 Å². The Bertz CT molecular complexity index is 669. The lowest BCUT2D eigenvalue weighted by molar-refractivity contribution is -0.0357. The molecule has 0 radical (unpaired) electrons. The highest BCUT2D eigenvalue weighted by molar-refractivity contribution is 5.68. The Morgan fingerprint density at radius 1 is 1.07 bits per heavy atom. The second-order valence-electron chi connectivity index (χ2n) is 9.58. The van der Waals surface area contributed by atoms with Crippen LogP contribution < -0.4 is 0 Å². The number of amides is 1. The van der Waals surface area contributed by atoms with Gasteiger partial charge in [-0.1, -0.05) is 31.4 Å². The Hall–Kier alpha value is -1.79. The molecule has 6 nitrogen and oxygen atoms in total. The average Bonchev–Trinajstić information content (AvgIpc) is 2.66. The summed E-state index contributed by atoms with van der Waals surface area (Å²) in [5.41, 5.74) is -0.123. The topological polar surface area (TPSA) is 73.2 Å². The number of piperazine rings is 1. The van der Waals surface area contributed by atoms with Crippen LogP contribution in [0.15, 0.2) is 24.3 Å². The van der Waals surface area contributed by atoms with E-state index in [9.17, 15) is 15.0 Å². The van der Waals surface area contributed by atoms with Crippen molar-refractivity contribution in [3.63, 3.8) is 0 Å². The van der Waals surface area contributed by atoms with E-state index in [1.54, 1.807) is 17.0 Å². The highest BCUT2D eigenvalue weighted by Crippen LogP contribution is 2.41. The molecule has 0 bridgehead atoms. The summed E-state index contributed by atoms with van der Waals surface area (Å²) in [7, 11) is 0. The van der Waals surface area contributed by atoms with E-state index in [1.807, 2.05) is 32.9 Å². The van der Waals surface area contributed by atoms with Gasteiger partial charge < -0.3 is 19.8 Å². The summed E-state index contributed by atoms with van der Waals surface area (Å²) in [4.78, 5) is 16.4. The standard InChI is InChI=1S/C23H36N2O4/c1-22(2,3)29-21(27)25-15-13-24(14-16-25)17-20(18-7-9-19(26)10-8-18)23(28)11-5-4-6-12-23/h7-10,20,26,28H,4-6,11-17H2,1-3H3. The number of ether oxygens (including phenoxy) is 1. The predicted octanol–water partition coefficient (Wildman–Crippen LogP) is 3.72. The normalized spacial score (nSPS) is 21.6. The molecule has 0 aromatic heterocycles. The Morgan fingerprint density at radius 3 is 2.21 bits per heavy atom. The van der Waals surface area contributed by atoms with Crippen LogP contribution in [0.2, 0.25) is 0 Å². The molecule has 1 unspecified atom stereocenters. The zero-order valence-corrected chi connectivity index (χ0v) is 18.1. The molecular formula is C23H36N2O4. The summed E-state index contributed by atoms with van der Waals surface area (Å²) < 4.78 is 5.49. The molecule has 1 aliphatic heterocycles. The van der Waals surface area contributed by atoms with Crippen LogP contribution in [-0.4, -0.2) is 70.0 Å². The smallest absolute Gasteiger partial charge is 0.410 e. The Kier molecular flexibility index (Phi) is 6.74. The number of aromatic hydroxyl groups is 1. The first-order valence-corrected chi connectivity index (χ1v) is 10.9. The van der Waals surface area contributed by atoms with Crippen molar-refractivity contribution in [2.75, 3.05) is 32.7 Å². The van der Waals surface area contributed by atoms with Gasteiger partial charge in [-0.25, -0.2) is 4.79 Å². The maximum absolute atomic E-state index is 12.3. The van der Waals surface area contributed by atoms with Crippen molar-refractivity contribution in [3.05, 3.63) is 29.8 Å². The summed E-state index contributed by atoms with van der Waals surface area (Å²) in [6.07, 6.45) is 4.67. The molecule has 1 atom stereocenters. The van der Waals surface area contributed by atoms with Crippen LogP contribution in [0, 0.1) is 0 Å². The van der Waals surface area contributed by atoms with Gasteiger partial charge in [-0.2, -0.15) is 0 Å². The molecule has 1 aromatic carbocycles. The van der Waals surface area contributed by atoms with Crippen LogP contribution in [0.25, 0.3) is 0 Å². The van der Waals surface area contributed by atoms with Crippen molar-refractivity contribution in [1.29, 1.82) is 0 Å². The number of carbonyl (C=O) groups excluding carboxylic acids is 1. The molecule has 2 fully saturated rings. The van der Waals surface area contributed by atoms with Crippen molar-refractivity contribution in [2.24, 2.45) is 0 Å². The summed E-state index contributed by atoms with van der Waals surface area (Å²) in [5.74, 6) is 0.241. The van der Waals surface area contributed by atoms with Crippen LogP contribution >= 0.6 is 0 Å². The van der Waals surface area contributed by atoms with Gasteiger partial charge in [-0.3, -0.25) is 4.90 Å². The minimum atomic E-state index is -0.711. The molecule has 0 spiro atoms. The highest BCUT2D eigenvalue weighted by Gasteiger charge is 2.40. The Labute approximate surface area is 174 Å². The van der Waals surface area contributed by atoms with Crippen molar-refractivity contribution in [2.45, 2.75) is 70.0 Å².